The largest absolute Gasteiger partial charge is 0.304 e. The molecular formula is C16H23N5S. The van der Waals surface area contributed by atoms with E-state index in [0.717, 1.165) is 50.2 Å². The van der Waals surface area contributed by atoms with Gasteiger partial charge in [-0.1, -0.05) is 42.1 Å². The molecule has 0 amide bonds. The summed E-state index contributed by atoms with van der Waals surface area (Å²) in [4.78, 5) is 4.84. The Labute approximate surface area is 136 Å². The fourth-order valence-electron chi connectivity index (χ4n) is 2.72. The summed E-state index contributed by atoms with van der Waals surface area (Å²) in [5.41, 5.74) is 1.29. The van der Waals surface area contributed by atoms with E-state index in [0.29, 0.717) is 0 Å². The van der Waals surface area contributed by atoms with Crippen molar-refractivity contribution in [3.05, 3.63) is 41.7 Å². The van der Waals surface area contributed by atoms with Crippen LogP contribution in [0.2, 0.25) is 0 Å². The van der Waals surface area contributed by atoms with Gasteiger partial charge in [-0.2, -0.15) is 0 Å². The highest BCUT2D eigenvalue weighted by Gasteiger charge is 2.18. The lowest BCUT2D eigenvalue weighted by atomic mass is 10.2. The average Bonchev–Trinajstić information content (AvgIpc) is 2.92. The van der Waals surface area contributed by atoms with E-state index in [4.69, 9.17) is 0 Å². The summed E-state index contributed by atoms with van der Waals surface area (Å²) >= 11 is 1.66. The average molecular weight is 317 g/mol. The number of rotatable bonds is 5. The van der Waals surface area contributed by atoms with Crippen LogP contribution in [0.5, 0.6) is 0 Å². The van der Waals surface area contributed by atoms with Crippen molar-refractivity contribution in [2.45, 2.75) is 18.2 Å². The molecule has 0 bridgehead atoms. The smallest absolute Gasteiger partial charge is 0.191 e. The Morgan fingerprint density at radius 2 is 1.73 bits per heavy atom. The van der Waals surface area contributed by atoms with Crippen LogP contribution in [0, 0.1) is 0 Å². The number of nitrogens with zero attached hydrogens (tertiary/aromatic N) is 5. The molecule has 0 aliphatic carbocycles. The van der Waals surface area contributed by atoms with E-state index < -0.39 is 0 Å². The van der Waals surface area contributed by atoms with Crippen molar-refractivity contribution in [2.24, 2.45) is 0 Å². The lowest BCUT2D eigenvalue weighted by Crippen LogP contribution is -2.44. The zero-order valence-corrected chi connectivity index (χ0v) is 14.1. The van der Waals surface area contributed by atoms with Gasteiger partial charge in [0.05, 0.1) is 13.1 Å². The Morgan fingerprint density at radius 3 is 2.41 bits per heavy atom. The Bertz CT molecular complexity index is 590. The molecule has 118 valence electrons. The third-order valence-corrected chi connectivity index (χ3v) is 4.79. The minimum absolute atomic E-state index is 0.840. The fourth-order valence-corrected chi connectivity index (χ4v) is 3.23. The number of piperazine rings is 1. The molecule has 0 radical (unpaired) electrons. The van der Waals surface area contributed by atoms with Crippen LogP contribution in [0.15, 0.2) is 35.5 Å². The maximum atomic E-state index is 4.43. The molecule has 2 aromatic rings. The van der Waals surface area contributed by atoms with E-state index in [2.05, 4.69) is 68.2 Å². The highest BCUT2D eigenvalue weighted by molar-refractivity contribution is 7.98. The molecule has 1 aromatic carbocycles. The number of aromatic nitrogens is 3. The number of likely N-dealkylation sites (N-methyl/N-ethyl adjacent to an activating group) is 1. The van der Waals surface area contributed by atoms with Crippen LogP contribution in [0.3, 0.4) is 0 Å². The van der Waals surface area contributed by atoms with E-state index in [1.807, 2.05) is 0 Å². The highest BCUT2D eigenvalue weighted by atomic mass is 32.2. The zero-order valence-electron chi connectivity index (χ0n) is 13.3. The van der Waals surface area contributed by atoms with Gasteiger partial charge in [-0.3, -0.25) is 4.90 Å². The van der Waals surface area contributed by atoms with Gasteiger partial charge < -0.3 is 9.47 Å². The first kappa shape index (κ1) is 15.5. The molecular weight excluding hydrogens is 294 g/mol. The monoisotopic (exact) mass is 317 g/mol. The van der Waals surface area contributed by atoms with Crippen LogP contribution in [-0.2, 0) is 13.1 Å². The fraction of sp³-hybridized carbons (Fsp3) is 0.500. The van der Waals surface area contributed by atoms with Gasteiger partial charge in [0, 0.05) is 26.2 Å². The summed E-state index contributed by atoms with van der Waals surface area (Å²) in [6.45, 7) is 6.18. The molecule has 0 saturated carbocycles. The Kier molecular flexibility index (Phi) is 5.12. The standard InChI is InChI=1S/C16H23N5S/c1-19-8-10-20(11-9-19)13-15-17-18-16(22-2)21(15)12-14-6-4-3-5-7-14/h3-7H,8-13H2,1-2H3. The number of benzene rings is 1. The van der Waals surface area contributed by atoms with Gasteiger partial charge >= 0.3 is 0 Å². The van der Waals surface area contributed by atoms with Crippen LogP contribution in [0.1, 0.15) is 11.4 Å². The quantitative estimate of drug-likeness (QED) is 0.786. The SMILES string of the molecule is CSc1nnc(CN2CCN(C)CC2)n1Cc1ccccc1. The minimum atomic E-state index is 0.840. The van der Waals surface area contributed by atoms with Gasteiger partial charge in [-0.05, 0) is 18.9 Å². The van der Waals surface area contributed by atoms with Crippen molar-refractivity contribution in [3.63, 3.8) is 0 Å². The van der Waals surface area contributed by atoms with Crippen molar-refractivity contribution in [1.29, 1.82) is 0 Å². The summed E-state index contributed by atoms with van der Waals surface area (Å²) in [7, 11) is 2.18. The first-order chi connectivity index (χ1) is 10.8. The molecule has 0 atom stereocenters. The molecule has 0 spiro atoms. The van der Waals surface area contributed by atoms with Crippen molar-refractivity contribution in [2.75, 3.05) is 39.5 Å². The molecule has 0 N–H and O–H groups in total. The molecule has 6 heteroatoms. The van der Waals surface area contributed by atoms with E-state index in [1.54, 1.807) is 11.8 Å². The summed E-state index contributed by atoms with van der Waals surface area (Å²) in [5, 5.41) is 9.78. The topological polar surface area (TPSA) is 37.2 Å². The van der Waals surface area contributed by atoms with Crippen LogP contribution in [0.4, 0.5) is 0 Å². The van der Waals surface area contributed by atoms with E-state index in [-0.39, 0.29) is 0 Å². The van der Waals surface area contributed by atoms with E-state index in [1.165, 1.54) is 5.56 Å². The van der Waals surface area contributed by atoms with Gasteiger partial charge in [-0.25, -0.2) is 0 Å². The second kappa shape index (κ2) is 7.26. The predicted octanol–water partition coefficient (Wildman–Crippen LogP) is 1.80. The molecule has 1 saturated heterocycles. The molecule has 1 aliphatic heterocycles. The second-order valence-corrected chi connectivity index (χ2v) is 6.53. The molecule has 22 heavy (non-hydrogen) atoms. The van der Waals surface area contributed by atoms with Crippen LogP contribution in [0.25, 0.3) is 0 Å². The van der Waals surface area contributed by atoms with Crippen molar-refractivity contribution in [3.8, 4) is 0 Å². The van der Waals surface area contributed by atoms with Crippen molar-refractivity contribution < 1.29 is 0 Å². The lowest BCUT2D eigenvalue weighted by Gasteiger charge is -2.32. The maximum Gasteiger partial charge on any atom is 0.191 e. The second-order valence-electron chi connectivity index (χ2n) is 5.75. The number of hydrogen-bond donors (Lipinski definition) is 0. The normalized spacial score (nSPS) is 17.0. The lowest BCUT2D eigenvalue weighted by molar-refractivity contribution is 0.144. The van der Waals surface area contributed by atoms with Gasteiger partial charge in [0.2, 0.25) is 0 Å². The van der Waals surface area contributed by atoms with Gasteiger partial charge in [0.1, 0.15) is 5.82 Å². The Morgan fingerprint density at radius 1 is 1.00 bits per heavy atom. The molecule has 3 rings (SSSR count). The van der Waals surface area contributed by atoms with E-state index in [9.17, 15) is 0 Å². The zero-order chi connectivity index (χ0) is 15.4. The van der Waals surface area contributed by atoms with E-state index >= 15 is 0 Å². The first-order valence-corrected chi connectivity index (χ1v) is 8.89. The highest BCUT2D eigenvalue weighted by Crippen LogP contribution is 2.17. The molecule has 2 heterocycles. The molecule has 1 aliphatic rings. The Balaban J connectivity index is 1.75. The van der Waals surface area contributed by atoms with Gasteiger partial charge in [0.25, 0.3) is 0 Å². The summed E-state index contributed by atoms with van der Waals surface area (Å²) in [5.74, 6) is 1.07. The van der Waals surface area contributed by atoms with Crippen molar-refractivity contribution >= 4 is 11.8 Å². The van der Waals surface area contributed by atoms with Crippen LogP contribution in [-0.4, -0.2) is 64.0 Å². The van der Waals surface area contributed by atoms with Crippen LogP contribution >= 0.6 is 11.8 Å². The van der Waals surface area contributed by atoms with Gasteiger partial charge in [0.15, 0.2) is 5.16 Å². The summed E-state index contributed by atoms with van der Waals surface area (Å²) in [6.07, 6.45) is 2.06. The third kappa shape index (κ3) is 3.69. The minimum Gasteiger partial charge on any atom is -0.304 e. The first-order valence-electron chi connectivity index (χ1n) is 7.67. The Hall–Kier alpha value is -1.37. The molecule has 0 unspecified atom stereocenters. The van der Waals surface area contributed by atoms with Gasteiger partial charge in [-0.15, -0.1) is 10.2 Å². The molecule has 1 fully saturated rings. The summed E-state index contributed by atoms with van der Waals surface area (Å²) in [6, 6.07) is 10.5. The number of thioether (sulfide) groups is 1. The maximum absolute atomic E-state index is 4.43. The predicted molar refractivity (Wildman–Crippen MR) is 90.1 cm³/mol. The third-order valence-electron chi connectivity index (χ3n) is 4.12. The number of hydrogen-bond acceptors (Lipinski definition) is 5. The molecule has 5 nitrogen and oxygen atoms in total. The summed E-state index contributed by atoms with van der Waals surface area (Å²) < 4.78 is 2.25. The molecule has 1 aromatic heterocycles. The van der Waals surface area contributed by atoms with Crippen molar-refractivity contribution in [1.82, 2.24) is 24.6 Å². The van der Waals surface area contributed by atoms with Crippen LogP contribution < -0.4 is 0 Å².